The van der Waals surface area contributed by atoms with Gasteiger partial charge in [0.1, 0.15) is 0 Å². The molecule has 0 aromatic heterocycles. The van der Waals surface area contributed by atoms with E-state index in [-0.39, 0.29) is 6.42 Å². The van der Waals surface area contributed by atoms with Crippen LogP contribution < -0.4 is 4.90 Å². The van der Waals surface area contributed by atoms with E-state index in [0.717, 1.165) is 30.3 Å². The Labute approximate surface area is 116 Å². The van der Waals surface area contributed by atoms with Gasteiger partial charge in [0.15, 0.2) is 0 Å². The lowest BCUT2D eigenvalue weighted by Gasteiger charge is -2.27. The molecule has 1 saturated heterocycles. The number of carboxylic acids is 1. The lowest BCUT2D eigenvalue weighted by molar-refractivity contribution is -0.137. The zero-order valence-electron chi connectivity index (χ0n) is 10.5. The number of anilines is 1. The molecule has 0 radical (unpaired) electrons. The van der Waals surface area contributed by atoms with E-state index in [9.17, 15) is 4.79 Å². The molecule has 1 aliphatic rings. The fourth-order valence-corrected chi connectivity index (χ4v) is 2.82. The summed E-state index contributed by atoms with van der Waals surface area (Å²) < 4.78 is 1.12. The second kappa shape index (κ2) is 5.74. The molecule has 1 aromatic rings. The molecule has 1 unspecified atom stereocenters. The third-order valence-electron chi connectivity index (χ3n) is 3.54. The van der Waals surface area contributed by atoms with Crippen molar-refractivity contribution in [2.45, 2.75) is 38.6 Å². The number of carbonyl (C=O) groups is 1. The van der Waals surface area contributed by atoms with Crippen molar-refractivity contribution in [1.29, 1.82) is 0 Å². The number of nitrogens with zero attached hydrogens (tertiary/aromatic N) is 1. The summed E-state index contributed by atoms with van der Waals surface area (Å²) in [7, 11) is 0. The van der Waals surface area contributed by atoms with E-state index in [1.54, 1.807) is 0 Å². The molecular formula is C14H18BrNO2. The van der Waals surface area contributed by atoms with Gasteiger partial charge in [0.25, 0.3) is 0 Å². The molecule has 3 nitrogen and oxygen atoms in total. The Bertz CT molecular complexity index is 447. The van der Waals surface area contributed by atoms with Gasteiger partial charge in [-0.05, 0) is 49.9 Å². The SMILES string of the molecule is Cc1cc(N2CCCC2CCC(=O)O)ccc1Br. The van der Waals surface area contributed by atoms with Gasteiger partial charge in [-0.15, -0.1) is 0 Å². The molecule has 1 aliphatic heterocycles. The van der Waals surface area contributed by atoms with E-state index in [4.69, 9.17) is 5.11 Å². The number of halogens is 1. The summed E-state index contributed by atoms with van der Waals surface area (Å²) in [5.41, 5.74) is 2.43. The second-order valence-electron chi connectivity index (χ2n) is 4.86. The Hall–Kier alpha value is -1.03. The average molecular weight is 312 g/mol. The van der Waals surface area contributed by atoms with Gasteiger partial charge in [0.05, 0.1) is 0 Å². The van der Waals surface area contributed by atoms with Crippen molar-refractivity contribution in [3.8, 4) is 0 Å². The molecular weight excluding hydrogens is 294 g/mol. The molecule has 1 heterocycles. The predicted molar refractivity (Wildman–Crippen MR) is 76.1 cm³/mol. The minimum Gasteiger partial charge on any atom is -0.481 e. The van der Waals surface area contributed by atoms with E-state index in [0.29, 0.717) is 6.04 Å². The predicted octanol–water partition coefficient (Wildman–Crippen LogP) is 3.59. The summed E-state index contributed by atoms with van der Waals surface area (Å²) in [4.78, 5) is 13.0. The third-order valence-corrected chi connectivity index (χ3v) is 4.43. The number of aliphatic carboxylic acids is 1. The van der Waals surface area contributed by atoms with E-state index in [2.05, 4.69) is 46.0 Å². The summed E-state index contributed by atoms with van der Waals surface area (Å²) in [6.45, 7) is 3.11. The molecule has 1 atom stereocenters. The minimum atomic E-state index is -0.700. The summed E-state index contributed by atoms with van der Waals surface area (Å²) in [6.07, 6.45) is 3.25. The Kier molecular flexibility index (Phi) is 4.27. The maximum absolute atomic E-state index is 10.7. The van der Waals surface area contributed by atoms with Crippen LogP contribution in [-0.4, -0.2) is 23.7 Å². The van der Waals surface area contributed by atoms with Crippen molar-refractivity contribution in [3.05, 3.63) is 28.2 Å². The molecule has 0 bridgehead atoms. The van der Waals surface area contributed by atoms with Gasteiger partial charge in [-0.1, -0.05) is 15.9 Å². The molecule has 0 spiro atoms. The summed E-state index contributed by atoms with van der Waals surface area (Å²) in [6, 6.07) is 6.72. The molecule has 0 aliphatic carbocycles. The molecule has 1 N–H and O–H groups in total. The number of rotatable bonds is 4. The number of aryl methyl sites for hydroxylation is 1. The number of hydrogen-bond donors (Lipinski definition) is 1. The van der Waals surface area contributed by atoms with Crippen molar-refractivity contribution in [2.24, 2.45) is 0 Å². The molecule has 98 valence electrons. The van der Waals surface area contributed by atoms with Gasteiger partial charge in [0.2, 0.25) is 0 Å². The molecule has 0 saturated carbocycles. The third kappa shape index (κ3) is 3.05. The van der Waals surface area contributed by atoms with Crippen molar-refractivity contribution < 1.29 is 9.90 Å². The second-order valence-corrected chi connectivity index (χ2v) is 5.71. The van der Waals surface area contributed by atoms with Crippen LogP contribution in [0.4, 0.5) is 5.69 Å². The van der Waals surface area contributed by atoms with Crippen LogP contribution in [0.2, 0.25) is 0 Å². The average Bonchev–Trinajstić information content (AvgIpc) is 2.78. The number of hydrogen-bond acceptors (Lipinski definition) is 2. The first-order chi connectivity index (χ1) is 8.58. The Morgan fingerprint density at radius 2 is 2.33 bits per heavy atom. The first-order valence-electron chi connectivity index (χ1n) is 6.32. The maximum atomic E-state index is 10.7. The topological polar surface area (TPSA) is 40.5 Å². The van der Waals surface area contributed by atoms with E-state index >= 15 is 0 Å². The fraction of sp³-hybridized carbons (Fsp3) is 0.500. The smallest absolute Gasteiger partial charge is 0.303 e. The Morgan fingerprint density at radius 3 is 3.00 bits per heavy atom. The highest BCUT2D eigenvalue weighted by Crippen LogP contribution is 2.30. The van der Waals surface area contributed by atoms with Gasteiger partial charge in [-0.3, -0.25) is 4.79 Å². The monoisotopic (exact) mass is 311 g/mol. The molecule has 1 fully saturated rings. The number of carboxylic acid groups (broad SMARTS) is 1. The van der Waals surface area contributed by atoms with Crippen molar-refractivity contribution in [1.82, 2.24) is 0 Å². The number of benzene rings is 1. The standard InChI is InChI=1S/C14H18BrNO2/c1-10-9-12(4-6-13(10)15)16-8-2-3-11(16)5-7-14(17)18/h4,6,9,11H,2-3,5,7-8H2,1H3,(H,17,18). The van der Waals surface area contributed by atoms with Crippen LogP contribution in [0, 0.1) is 6.92 Å². The highest BCUT2D eigenvalue weighted by Gasteiger charge is 2.25. The van der Waals surface area contributed by atoms with Gasteiger partial charge < -0.3 is 10.0 Å². The lowest BCUT2D eigenvalue weighted by Crippen LogP contribution is -2.29. The van der Waals surface area contributed by atoms with Crippen LogP contribution in [0.1, 0.15) is 31.2 Å². The summed E-state index contributed by atoms with van der Waals surface area (Å²) >= 11 is 3.51. The first kappa shape index (κ1) is 13.4. The molecule has 4 heteroatoms. The molecule has 0 amide bonds. The van der Waals surface area contributed by atoms with Crippen LogP contribution in [0.3, 0.4) is 0 Å². The van der Waals surface area contributed by atoms with Crippen LogP contribution in [-0.2, 0) is 4.79 Å². The van der Waals surface area contributed by atoms with Gasteiger partial charge in [0, 0.05) is 29.2 Å². The van der Waals surface area contributed by atoms with Gasteiger partial charge in [-0.25, -0.2) is 0 Å². The first-order valence-corrected chi connectivity index (χ1v) is 7.12. The van der Waals surface area contributed by atoms with Crippen LogP contribution >= 0.6 is 15.9 Å². The fourth-order valence-electron chi connectivity index (χ4n) is 2.57. The van der Waals surface area contributed by atoms with Crippen molar-refractivity contribution >= 4 is 27.6 Å². The molecule has 1 aromatic carbocycles. The Balaban J connectivity index is 2.10. The Morgan fingerprint density at radius 1 is 1.56 bits per heavy atom. The summed E-state index contributed by atoms with van der Waals surface area (Å²) in [5, 5.41) is 8.79. The summed E-state index contributed by atoms with van der Waals surface area (Å²) in [5.74, 6) is -0.700. The van der Waals surface area contributed by atoms with Crippen LogP contribution in [0.25, 0.3) is 0 Å². The zero-order chi connectivity index (χ0) is 13.1. The van der Waals surface area contributed by atoms with Crippen molar-refractivity contribution in [2.75, 3.05) is 11.4 Å². The zero-order valence-corrected chi connectivity index (χ0v) is 12.1. The molecule has 2 rings (SSSR count). The highest BCUT2D eigenvalue weighted by atomic mass is 79.9. The maximum Gasteiger partial charge on any atom is 0.303 e. The largest absolute Gasteiger partial charge is 0.481 e. The normalized spacial score (nSPS) is 19.2. The molecule has 18 heavy (non-hydrogen) atoms. The van der Waals surface area contributed by atoms with Crippen LogP contribution in [0.15, 0.2) is 22.7 Å². The highest BCUT2D eigenvalue weighted by molar-refractivity contribution is 9.10. The van der Waals surface area contributed by atoms with Gasteiger partial charge in [-0.2, -0.15) is 0 Å². The quantitative estimate of drug-likeness (QED) is 0.923. The van der Waals surface area contributed by atoms with Gasteiger partial charge >= 0.3 is 5.97 Å². The van der Waals surface area contributed by atoms with E-state index in [1.165, 1.54) is 11.3 Å². The van der Waals surface area contributed by atoms with Crippen molar-refractivity contribution in [3.63, 3.8) is 0 Å². The van der Waals surface area contributed by atoms with E-state index in [1.807, 2.05) is 0 Å². The van der Waals surface area contributed by atoms with E-state index < -0.39 is 5.97 Å². The van der Waals surface area contributed by atoms with Crippen LogP contribution in [0.5, 0.6) is 0 Å². The minimum absolute atomic E-state index is 0.261. The lowest BCUT2D eigenvalue weighted by atomic mass is 10.1.